The SMILES string of the molecule is O=C(CC1CNCc2ccnn21)N1CC(F)(F)C1. The number of nitrogens with zero attached hydrogens (tertiary/aromatic N) is 3. The molecule has 18 heavy (non-hydrogen) atoms. The lowest BCUT2D eigenvalue weighted by Crippen LogP contribution is -2.58. The van der Waals surface area contributed by atoms with E-state index < -0.39 is 19.0 Å². The van der Waals surface area contributed by atoms with Crippen LogP contribution in [-0.2, 0) is 11.3 Å². The molecule has 0 radical (unpaired) electrons. The van der Waals surface area contributed by atoms with Gasteiger partial charge >= 0.3 is 0 Å². The van der Waals surface area contributed by atoms with Gasteiger partial charge in [0.1, 0.15) is 0 Å². The third-order valence-corrected chi connectivity index (χ3v) is 3.39. The quantitative estimate of drug-likeness (QED) is 0.833. The molecule has 7 heteroatoms. The molecule has 3 heterocycles. The van der Waals surface area contributed by atoms with E-state index in [0.717, 1.165) is 12.2 Å². The van der Waals surface area contributed by atoms with Crippen LogP contribution in [0.15, 0.2) is 12.3 Å². The van der Waals surface area contributed by atoms with Gasteiger partial charge in [-0.2, -0.15) is 5.10 Å². The zero-order valence-corrected chi connectivity index (χ0v) is 9.77. The Labute approximate surface area is 103 Å². The summed E-state index contributed by atoms with van der Waals surface area (Å²) in [6, 6.07) is 1.81. The van der Waals surface area contributed by atoms with Crippen molar-refractivity contribution in [1.29, 1.82) is 0 Å². The maximum Gasteiger partial charge on any atom is 0.282 e. The van der Waals surface area contributed by atoms with Crippen LogP contribution in [0.25, 0.3) is 0 Å². The van der Waals surface area contributed by atoms with Gasteiger partial charge in [0, 0.05) is 19.3 Å². The van der Waals surface area contributed by atoms with Crippen molar-refractivity contribution in [2.75, 3.05) is 19.6 Å². The molecule has 1 N–H and O–H groups in total. The maximum absolute atomic E-state index is 12.7. The highest BCUT2D eigenvalue weighted by molar-refractivity contribution is 5.77. The van der Waals surface area contributed by atoms with Crippen LogP contribution in [0.3, 0.4) is 0 Å². The minimum absolute atomic E-state index is 0.0783. The van der Waals surface area contributed by atoms with Gasteiger partial charge in [-0.1, -0.05) is 0 Å². The van der Waals surface area contributed by atoms with E-state index in [1.165, 1.54) is 4.90 Å². The van der Waals surface area contributed by atoms with Gasteiger partial charge in [-0.3, -0.25) is 9.48 Å². The maximum atomic E-state index is 12.7. The molecule has 0 aromatic carbocycles. The Hall–Kier alpha value is -1.50. The van der Waals surface area contributed by atoms with Crippen LogP contribution < -0.4 is 5.32 Å². The lowest BCUT2D eigenvalue weighted by molar-refractivity contribution is -0.166. The van der Waals surface area contributed by atoms with E-state index in [4.69, 9.17) is 0 Å². The van der Waals surface area contributed by atoms with Gasteiger partial charge in [0.15, 0.2) is 0 Å². The second kappa shape index (κ2) is 4.01. The fourth-order valence-corrected chi connectivity index (χ4v) is 2.44. The standard InChI is InChI=1S/C11H14F2N4O/c12-11(13)6-16(7-11)10(18)3-9-5-14-4-8-1-2-15-17(8)9/h1-2,9,14H,3-7H2. The van der Waals surface area contributed by atoms with Gasteiger partial charge in [0.2, 0.25) is 5.91 Å². The van der Waals surface area contributed by atoms with E-state index >= 15 is 0 Å². The van der Waals surface area contributed by atoms with Crippen molar-refractivity contribution < 1.29 is 13.6 Å². The number of hydrogen-bond donors (Lipinski definition) is 1. The topological polar surface area (TPSA) is 50.2 Å². The van der Waals surface area contributed by atoms with Crippen LogP contribution >= 0.6 is 0 Å². The number of halogens is 2. The first-order valence-electron chi connectivity index (χ1n) is 5.94. The lowest BCUT2D eigenvalue weighted by Gasteiger charge is -2.39. The third-order valence-electron chi connectivity index (χ3n) is 3.39. The van der Waals surface area contributed by atoms with E-state index in [-0.39, 0.29) is 18.4 Å². The number of hydrogen-bond acceptors (Lipinski definition) is 3. The average Bonchev–Trinajstić information content (AvgIpc) is 2.74. The molecule has 1 aromatic rings. The smallest absolute Gasteiger partial charge is 0.282 e. The van der Waals surface area contributed by atoms with Crippen LogP contribution in [0.4, 0.5) is 8.78 Å². The van der Waals surface area contributed by atoms with Crippen molar-refractivity contribution in [2.24, 2.45) is 0 Å². The van der Waals surface area contributed by atoms with Crippen molar-refractivity contribution in [3.05, 3.63) is 18.0 Å². The Kier molecular flexibility index (Phi) is 2.58. The van der Waals surface area contributed by atoms with Crippen molar-refractivity contribution >= 4 is 5.91 Å². The molecule has 2 aliphatic rings. The molecular formula is C11H14F2N4O. The molecule has 3 rings (SSSR count). The Morgan fingerprint density at radius 3 is 3.06 bits per heavy atom. The second-order valence-electron chi connectivity index (χ2n) is 4.86. The summed E-state index contributed by atoms with van der Waals surface area (Å²) in [5.74, 6) is -2.92. The van der Waals surface area contributed by atoms with E-state index in [1.807, 2.05) is 10.7 Å². The molecule has 1 unspecified atom stereocenters. The van der Waals surface area contributed by atoms with Crippen LogP contribution in [-0.4, -0.2) is 46.1 Å². The van der Waals surface area contributed by atoms with Crippen molar-refractivity contribution in [1.82, 2.24) is 20.0 Å². The number of fused-ring (bicyclic) bond motifs is 1. The highest BCUT2D eigenvalue weighted by Gasteiger charge is 2.46. The Morgan fingerprint density at radius 1 is 1.56 bits per heavy atom. The van der Waals surface area contributed by atoms with Crippen LogP contribution in [0, 0.1) is 0 Å². The van der Waals surface area contributed by atoms with Gasteiger partial charge < -0.3 is 10.2 Å². The minimum Gasteiger partial charge on any atom is -0.330 e. The van der Waals surface area contributed by atoms with E-state index in [0.29, 0.717) is 6.54 Å². The van der Waals surface area contributed by atoms with Gasteiger partial charge in [0.25, 0.3) is 5.92 Å². The first kappa shape index (κ1) is 11.6. The molecule has 2 aliphatic heterocycles. The summed E-state index contributed by atoms with van der Waals surface area (Å²) in [5, 5.41) is 7.37. The molecule has 1 atom stereocenters. The van der Waals surface area contributed by atoms with Gasteiger partial charge in [-0.15, -0.1) is 0 Å². The second-order valence-corrected chi connectivity index (χ2v) is 4.86. The average molecular weight is 256 g/mol. The van der Waals surface area contributed by atoms with Crippen LogP contribution in [0.1, 0.15) is 18.2 Å². The number of alkyl halides is 2. The molecular weight excluding hydrogens is 242 g/mol. The molecule has 0 aliphatic carbocycles. The molecule has 0 bridgehead atoms. The minimum atomic E-state index is -2.70. The summed E-state index contributed by atoms with van der Waals surface area (Å²) in [6.07, 6.45) is 1.91. The number of rotatable bonds is 2. The number of likely N-dealkylation sites (tertiary alicyclic amines) is 1. The van der Waals surface area contributed by atoms with Gasteiger partial charge in [-0.25, -0.2) is 8.78 Å². The normalized spacial score (nSPS) is 25.4. The molecule has 5 nitrogen and oxygen atoms in total. The molecule has 1 aromatic heterocycles. The number of amides is 1. The molecule has 0 saturated carbocycles. The predicted molar refractivity (Wildman–Crippen MR) is 59.1 cm³/mol. The van der Waals surface area contributed by atoms with E-state index in [2.05, 4.69) is 10.4 Å². The number of carbonyl (C=O) groups excluding carboxylic acids is 1. The zero-order chi connectivity index (χ0) is 12.8. The summed E-state index contributed by atoms with van der Waals surface area (Å²) in [5.41, 5.74) is 1.02. The Bertz CT molecular complexity index is 465. The van der Waals surface area contributed by atoms with Crippen LogP contribution in [0.2, 0.25) is 0 Å². The first-order chi connectivity index (χ1) is 8.55. The molecule has 0 spiro atoms. The zero-order valence-electron chi connectivity index (χ0n) is 9.77. The van der Waals surface area contributed by atoms with Crippen molar-refractivity contribution in [3.63, 3.8) is 0 Å². The summed E-state index contributed by atoms with van der Waals surface area (Å²) < 4.78 is 27.2. The molecule has 98 valence electrons. The summed E-state index contributed by atoms with van der Waals surface area (Å²) >= 11 is 0. The first-order valence-corrected chi connectivity index (χ1v) is 5.94. The molecule has 1 fully saturated rings. The Morgan fingerprint density at radius 2 is 2.33 bits per heavy atom. The van der Waals surface area contributed by atoms with Crippen molar-refractivity contribution in [3.8, 4) is 0 Å². The summed E-state index contributed by atoms with van der Waals surface area (Å²) in [4.78, 5) is 13.0. The molecule has 1 amide bonds. The van der Waals surface area contributed by atoms with E-state index in [9.17, 15) is 13.6 Å². The Balaban J connectivity index is 1.63. The number of aromatic nitrogens is 2. The summed E-state index contributed by atoms with van der Waals surface area (Å²) in [6.45, 7) is 0.479. The number of carbonyl (C=O) groups is 1. The highest BCUT2D eigenvalue weighted by Crippen LogP contribution is 2.28. The van der Waals surface area contributed by atoms with Crippen molar-refractivity contribution in [2.45, 2.75) is 24.9 Å². The molecule has 1 saturated heterocycles. The lowest BCUT2D eigenvalue weighted by atomic mass is 10.1. The monoisotopic (exact) mass is 256 g/mol. The van der Waals surface area contributed by atoms with Gasteiger partial charge in [0.05, 0.1) is 31.2 Å². The fraction of sp³-hybridized carbons (Fsp3) is 0.636. The van der Waals surface area contributed by atoms with Crippen LogP contribution in [0.5, 0.6) is 0 Å². The third kappa shape index (κ3) is 1.98. The predicted octanol–water partition coefficient (Wildman–Crippen LogP) is 0.395. The van der Waals surface area contributed by atoms with Gasteiger partial charge in [-0.05, 0) is 6.07 Å². The van der Waals surface area contributed by atoms with E-state index in [1.54, 1.807) is 6.20 Å². The largest absolute Gasteiger partial charge is 0.330 e. The summed E-state index contributed by atoms with van der Waals surface area (Å²) in [7, 11) is 0. The number of nitrogens with one attached hydrogen (secondary N) is 1. The highest BCUT2D eigenvalue weighted by atomic mass is 19.3. The fourth-order valence-electron chi connectivity index (χ4n) is 2.44.